The predicted octanol–water partition coefficient (Wildman–Crippen LogP) is 2.76. The molecule has 3 nitrogen and oxygen atoms in total. The molecule has 0 aliphatic carbocycles. The third-order valence-corrected chi connectivity index (χ3v) is 3.27. The molecule has 0 saturated carbocycles. The fraction of sp³-hybridized carbons (Fsp3) is 0.400. The van der Waals surface area contributed by atoms with Gasteiger partial charge in [-0.25, -0.2) is 9.97 Å². The molecule has 0 fully saturated rings. The Morgan fingerprint density at radius 3 is 3.07 bits per heavy atom. The average molecular weight is 242 g/mol. The van der Waals surface area contributed by atoms with Crippen molar-refractivity contribution < 1.29 is 0 Å². The summed E-state index contributed by atoms with van der Waals surface area (Å²) in [6.45, 7) is 3.83. The monoisotopic (exact) mass is 241 g/mol. The number of anilines is 1. The van der Waals surface area contributed by atoms with Crippen LogP contribution in [0.25, 0.3) is 10.2 Å². The van der Waals surface area contributed by atoms with Crippen LogP contribution in [0.3, 0.4) is 0 Å². The Kier molecular flexibility index (Phi) is 3.38. The van der Waals surface area contributed by atoms with E-state index >= 15 is 0 Å². The van der Waals surface area contributed by atoms with Crippen molar-refractivity contribution in [2.75, 3.05) is 23.9 Å². The third kappa shape index (κ3) is 2.06. The lowest BCUT2D eigenvalue weighted by atomic mass is 10.3. The Morgan fingerprint density at radius 1 is 1.47 bits per heavy atom. The Balaban J connectivity index is 2.44. The standard InChI is InChI=1S/C10H12ClN3S/c1-2-14(5-4-11)9-8-3-6-15-10(8)13-7-12-9/h3,6-7H,2,4-5H2,1H3. The van der Waals surface area contributed by atoms with Gasteiger partial charge in [0, 0.05) is 19.0 Å². The largest absolute Gasteiger partial charge is 0.355 e. The Hall–Kier alpha value is -0.870. The first-order chi connectivity index (χ1) is 7.36. The maximum atomic E-state index is 5.77. The molecule has 0 atom stereocenters. The van der Waals surface area contributed by atoms with Crippen LogP contribution >= 0.6 is 22.9 Å². The van der Waals surface area contributed by atoms with E-state index in [2.05, 4.69) is 27.9 Å². The maximum absolute atomic E-state index is 5.77. The van der Waals surface area contributed by atoms with Crippen LogP contribution in [-0.2, 0) is 0 Å². The second-order valence-electron chi connectivity index (χ2n) is 3.11. The molecule has 0 aromatic carbocycles. The number of fused-ring (bicyclic) bond motifs is 1. The van der Waals surface area contributed by atoms with E-state index in [9.17, 15) is 0 Å². The minimum Gasteiger partial charge on any atom is -0.355 e. The minimum atomic E-state index is 0.615. The van der Waals surface area contributed by atoms with Crippen LogP contribution in [0, 0.1) is 0 Å². The number of nitrogens with zero attached hydrogens (tertiary/aromatic N) is 3. The highest BCUT2D eigenvalue weighted by Crippen LogP contribution is 2.26. The normalized spacial score (nSPS) is 10.8. The van der Waals surface area contributed by atoms with Gasteiger partial charge in [0.15, 0.2) is 0 Å². The zero-order valence-electron chi connectivity index (χ0n) is 8.48. The van der Waals surface area contributed by atoms with Gasteiger partial charge in [0.1, 0.15) is 17.0 Å². The maximum Gasteiger partial charge on any atom is 0.140 e. The fourth-order valence-electron chi connectivity index (χ4n) is 1.54. The molecule has 0 radical (unpaired) electrons. The van der Waals surface area contributed by atoms with Crippen molar-refractivity contribution in [2.45, 2.75) is 6.92 Å². The van der Waals surface area contributed by atoms with Gasteiger partial charge in [-0.3, -0.25) is 0 Å². The number of aromatic nitrogens is 2. The first-order valence-corrected chi connectivity index (χ1v) is 6.27. The highest BCUT2D eigenvalue weighted by molar-refractivity contribution is 7.16. The fourth-order valence-corrected chi connectivity index (χ4v) is 2.48. The van der Waals surface area contributed by atoms with Crippen molar-refractivity contribution in [1.82, 2.24) is 9.97 Å². The van der Waals surface area contributed by atoms with E-state index in [0.29, 0.717) is 5.88 Å². The van der Waals surface area contributed by atoms with Crippen molar-refractivity contribution in [2.24, 2.45) is 0 Å². The highest BCUT2D eigenvalue weighted by Gasteiger charge is 2.10. The van der Waals surface area contributed by atoms with E-state index in [1.54, 1.807) is 17.7 Å². The molecule has 2 aromatic rings. The van der Waals surface area contributed by atoms with E-state index in [-0.39, 0.29) is 0 Å². The van der Waals surface area contributed by atoms with Crippen molar-refractivity contribution in [3.63, 3.8) is 0 Å². The van der Waals surface area contributed by atoms with Crippen molar-refractivity contribution in [3.05, 3.63) is 17.8 Å². The van der Waals surface area contributed by atoms with Gasteiger partial charge in [-0.1, -0.05) is 0 Å². The molecule has 80 valence electrons. The molecule has 0 aliphatic heterocycles. The number of thiophene rings is 1. The molecule has 15 heavy (non-hydrogen) atoms. The summed E-state index contributed by atoms with van der Waals surface area (Å²) in [7, 11) is 0. The number of hydrogen-bond acceptors (Lipinski definition) is 4. The summed E-state index contributed by atoms with van der Waals surface area (Å²) in [4.78, 5) is 11.8. The van der Waals surface area contributed by atoms with Gasteiger partial charge in [-0.05, 0) is 18.4 Å². The summed E-state index contributed by atoms with van der Waals surface area (Å²) in [6, 6.07) is 2.06. The van der Waals surface area contributed by atoms with E-state index in [1.807, 2.05) is 5.38 Å². The highest BCUT2D eigenvalue weighted by atomic mass is 35.5. The molecule has 0 bridgehead atoms. The van der Waals surface area contributed by atoms with Crippen LogP contribution in [-0.4, -0.2) is 28.9 Å². The second-order valence-corrected chi connectivity index (χ2v) is 4.38. The van der Waals surface area contributed by atoms with Crippen LogP contribution in [0.1, 0.15) is 6.92 Å². The zero-order valence-corrected chi connectivity index (χ0v) is 10.1. The quantitative estimate of drug-likeness (QED) is 0.771. The Bertz CT molecular complexity index is 443. The molecule has 0 amide bonds. The Labute approximate surface area is 97.7 Å². The number of alkyl halides is 1. The van der Waals surface area contributed by atoms with Crippen LogP contribution < -0.4 is 4.90 Å². The number of hydrogen-bond donors (Lipinski definition) is 0. The van der Waals surface area contributed by atoms with Gasteiger partial charge >= 0.3 is 0 Å². The summed E-state index contributed by atoms with van der Waals surface area (Å²) in [5.41, 5.74) is 0. The van der Waals surface area contributed by atoms with Crippen LogP contribution in [0.5, 0.6) is 0 Å². The first kappa shape index (κ1) is 10.6. The van der Waals surface area contributed by atoms with Crippen molar-refractivity contribution in [3.8, 4) is 0 Å². The van der Waals surface area contributed by atoms with Crippen LogP contribution in [0.4, 0.5) is 5.82 Å². The topological polar surface area (TPSA) is 29.0 Å². The molecule has 2 rings (SSSR count). The van der Waals surface area contributed by atoms with Gasteiger partial charge in [0.25, 0.3) is 0 Å². The molecule has 2 heterocycles. The van der Waals surface area contributed by atoms with Crippen molar-refractivity contribution >= 4 is 39.0 Å². The SMILES string of the molecule is CCN(CCCl)c1ncnc2sccc12. The van der Waals surface area contributed by atoms with E-state index in [4.69, 9.17) is 11.6 Å². The summed E-state index contributed by atoms with van der Waals surface area (Å²) in [6.07, 6.45) is 1.62. The van der Waals surface area contributed by atoms with Gasteiger partial charge < -0.3 is 4.90 Å². The summed E-state index contributed by atoms with van der Waals surface area (Å²) >= 11 is 7.40. The smallest absolute Gasteiger partial charge is 0.140 e. The van der Waals surface area contributed by atoms with Crippen LogP contribution in [0.2, 0.25) is 0 Å². The lowest BCUT2D eigenvalue weighted by Crippen LogP contribution is -2.26. The van der Waals surface area contributed by atoms with Gasteiger partial charge in [-0.15, -0.1) is 22.9 Å². The van der Waals surface area contributed by atoms with Crippen LogP contribution in [0.15, 0.2) is 17.8 Å². The molecule has 0 spiro atoms. The molecule has 2 aromatic heterocycles. The van der Waals surface area contributed by atoms with Gasteiger partial charge in [0.05, 0.1) is 5.39 Å². The molecule has 0 N–H and O–H groups in total. The summed E-state index contributed by atoms with van der Waals surface area (Å²) < 4.78 is 0. The molecular formula is C10H12ClN3S. The van der Waals surface area contributed by atoms with E-state index in [1.165, 1.54) is 0 Å². The Morgan fingerprint density at radius 2 is 2.33 bits per heavy atom. The first-order valence-electron chi connectivity index (χ1n) is 4.86. The zero-order chi connectivity index (χ0) is 10.7. The average Bonchev–Trinajstić information content (AvgIpc) is 2.73. The molecular weight excluding hydrogens is 230 g/mol. The molecule has 0 saturated heterocycles. The number of rotatable bonds is 4. The van der Waals surface area contributed by atoms with E-state index < -0.39 is 0 Å². The predicted molar refractivity (Wildman–Crippen MR) is 66.0 cm³/mol. The van der Waals surface area contributed by atoms with Gasteiger partial charge in [-0.2, -0.15) is 0 Å². The lowest BCUT2D eigenvalue weighted by Gasteiger charge is -2.20. The number of halogens is 1. The second kappa shape index (κ2) is 4.77. The van der Waals surface area contributed by atoms with Crippen molar-refractivity contribution in [1.29, 1.82) is 0 Å². The van der Waals surface area contributed by atoms with E-state index in [0.717, 1.165) is 29.1 Å². The molecule has 0 unspecified atom stereocenters. The van der Waals surface area contributed by atoms with Gasteiger partial charge in [0.2, 0.25) is 0 Å². The molecule has 0 aliphatic rings. The molecule has 5 heteroatoms. The third-order valence-electron chi connectivity index (χ3n) is 2.28. The summed E-state index contributed by atoms with van der Waals surface area (Å²) in [5.74, 6) is 1.60. The minimum absolute atomic E-state index is 0.615. The lowest BCUT2D eigenvalue weighted by molar-refractivity contribution is 0.852. The summed E-state index contributed by atoms with van der Waals surface area (Å²) in [5, 5.41) is 3.16.